The Morgan fingerprint density at radius 1 is 0.964 bits per heavy atom. The third kappa shape index (κ3) is 4.26. The summed E-state index contributed by atoms with van der Waals surface area (Å²) in [6.07, 6.45) is 1.84. The van der Waals surface area contributed by atoms with E-state index in [2.05, 4.69) is 50.4 Å². The van der Waals surface area contributed by atoms with Crippen LogP contribution in [0.2, 0.25) is 5.15 Å². The molecule has 28 heavy (non-hydrogen) atoms. The number of piperazine rings is 1. The Balaban J connectivity index is 1.38. The molecule has 0 N–H and O–H groups in total. The van der Waals surface area contributed by atoms with E-state index in [4.69, 9.17) is 11.6 Å². The Kier molecular flexibility index (Phi) is 5.74. The van der Waals surface area contributed by atoms with Crippen molar-refractivity contribution in [2.24, 2.45) is 5.10 Å². The molecule has 0 atom stereocenters. The molecule has 1 aromatic heterocycles. The molecule has 0 spiro atoms. The van der Waals surface area contributed by atoms with E-state index in [9.17, 15) is 0 Å². The number of benzene rings is 2. The van der Waals surface area contributed by atoms with E-state index in [0.29, 0.717) is 5.15 Å². The Bertz CT molecular complexity index is 928. The van der Waals surface area contributed by atoms with Gasteiger partial charge in [-0.3, -0.25) is 9.91 Å². The Labute approximate surface area is 170 Å². The van der Waals surface area contributed by atoms with Crippen molar-refractivity contribution in [3.05, 3.63) is 82.6 Å². The molecule has 3 aromatic rings. The molecule has 5 nitrogen and oxygen atoms in total. The molecule has 1 aliphatic heterocycles. The summed E-state index contributed by atoms with van der Waals surface area (Å²) >= 11 is 6.58. The van der Waals surface area contributed by atoms with Crippen LogP contribution in [0.5, 0.6) is 0 Å². The second kappa shape index (κ2) is 8.59. The highest BCUT2D eigenvalue weighted by Crippen LogP contribution is 2.22. The number of hydrazone groups is 1. The van der Waals surface area contributed by atoms with Crippen LogP contribution in [0.15, 0.2) is 65.8 Å². The molecule has 2 heterocycles. The standard InChI is InChI=1S/C22H24ClN5/c1-18-21(22(23)28(25-18)20-10-6-3-7-11-20)16-24-27-14-12-26(13-15-27)17-19-8-4-2-5-9-19/h2-11,16H,12-15,17H2,1H3/b24-16-. The van der Waals surface area contributed by atoms with E-state index < -0.39 is 0 Å². The molecule has 0 radical (unpaired) electrons. The number of hydrogen-bond donors (Lipinski definition) is 0. The largest absolute Gasteiger partial charge is 0.295 e. The predicted molar refractivity (Wildman–Crippen MR) is 114 cm³/mol. The first kappa shape index (κ1) is 18.7. The van der Waals surface area contributed by atoms with Crippen molar-refractivity contribution in [1.82, 2.24) is 19.7 Å². The fourth-order valence-electron chi connectivity index (χ4n) is 3.39. The smallest absolute Gasteiger partial charge is 0.142 e. The average molecular weight is 394 g/mol. The zero-order valence-corrected chi connectivity index (χ0v) is 16.8. The Morgan fingerprint density at radius 2 is 1.61 bits per heavy atom. The zero-order chi connectivity index (χ0) is 19.3. The van der Waals surface area contributed by atoms with Gasteiger partial charge < -0.3 is 0 Å². The lowest BCUT2D eigenvalue weighted by Crippen LogP contribution is -2.43. The fourth-order valence-corrected chi connectivity index (χ4v) is 3.71. The van der Waals surface area contributed by atoms with Gasteiger partial charge in [-0.1, -0.05) is 60.1 Å². The molecule has 144 valence electrons. The van der Waals surface area contributed by atoms with Crippen molar-refractivity contribution in [1.29, 1.82) is 0 Å². The summed E-state index contributed by atoms with van der Waals surface area (Å²) < 4.78 is 1.76. The van der Waals surface area contributed by atoms with Crippen molar-refractivity contribution in [3.8, 4) is 5.69 Å². The molecule has 4 rings (SSSR count). The second-order valence-electron chi connectivity index (χ2n) is 7.00. The summed E-state index contributed by atoms with van der Waals surface area (Å²) in [5.74, 6) is 0. The Morgan fingerprint density at radius 3 is 2.29 bits per heavy atom. The van der Waals surface area contributed by atoms with Gasteiger partial charge in [0.1, 0.15) is 5.15 Å². The van der Waals surface area contributed by atoms with E-state index in [1.54, 1.807) is 4.68 Å². The molecule has 0 aliphatic carbocycles. The van der Waals surface area contributed by atoms with E-state index in [-0.39, 0.29) is 0 Å². The Hall–Kier alpha value is -2.63. The van der Waals surface area contributed by atoms with Gasteiger partial charge in [0.05, 0.1) is 23.2 Å². The average Bonchev–Trinajstić information content (AvgIpc) is 3.02. The lowest BCUT2D eigenvalue weighted by atomic mass is 10.2. The van der Waals surface area contributed by atoms with Crippen LogP contribution in [-0.4, -0.2) is 52.1 Å². The number of para-hydroxylation sites is 1. The van der Waals surface area contributed by atoms with E-state index in [1.165, 1.54) is 5.56 Å². The van der Waals surface area contributed by atoms with E-state index in [0.717, 1.165) is 49.7 Å². The predicted octanol–water partition coefficient (Wildman–Crippen LogP) is 3.99. The lowest BCUT2D eigenvalue weighted by molar-refractivity contribution is 0.131. The van der Waals surface area contributed by atoms with Gasteiger partial charge in [0.15, 0.2) is 0 Å². The van der Waals surface area contributed by atoms with Gasteiger partial charge in [0.25, 0.3) is 0 Å². The third-order valence-electron chi connectivity index (χ3n) is 5.00. The van der Waals surface area contributed by atoms with Crippen molar-refractivity contribution >= 4 is 17.8 Å². The minimum absolute atomic E-state index is 0.593. The number of rotatable bonds is 5. The molecule has 1 fully saturated rings. The number of halogens is 1. The van der Waals surface area contributed by atoms with Crippen LogP contribution in [0.25, 0.3) is 5.69 Å². The highest BCUT2D eigenvalue weighted by atomic mass is 35.5. The molecule has 0 saturated carbocycles. The molecule has 0 bridgehead atoms. The summed E-state index contributed by atoms with van der Waals surface area (Å²) in [6, 6.07) is 20.5. The van der Waals surface area contributed by atoms with Gasteiger partial charge in [-0.2, -0.15) is 10.2 Å². The molecule has 1 saturated heterocycles. The number of hydrogen-bond acceptors (Lipinski definition) is 4. The van der Waals surface area contributed by atoms with Crippen LogP contribution in [0.4, 0.5) is 0 Å². The van der Waals surface area contributed by atoms with Crippen LogP contribution in [0, 0.1) is 6.92 Å². The molecule has 6 heteroatoms. The minimum atomic E-state index is 0.593. The summed E-state index contributed by atoms with van der Waals surface area (Å²) in [5.41, 5.74) is 4.05. The maximum Gasteiger partial charge on any atom is 0.142 e. The first-order chi connectivity index (χ1) is 13.7. The first-order valence-corrected chi connectivity index (χ1v) is 9.94. The maximum atomic E-state index is 6.58. The van der Waals surface area contributed by atoms with Gasteiger partial charge >= 0.3 is 0 Å². The highest BCUT2D eigenvalue weighted by Gasteiger charge is 2.17. The summed E-state index contributed by atoms with van der Waals surface area (Å²) in [6.45, 7) is 6.78. The normalized spacial score (nSPS) is 15.4. The monoisotopic (exact) mass is 393 g/mol. The number of aromatic nitrogens is 2. The van der Waals surface area contributed by atoms with Gasteiger partial charge in [-0.05, 0) is 24.6 Å². The van der Waals surface area contributed by atoms with Gasteiger partial charge in [0, 0.05) is 32.7 Å². The SMILES string of the molecule is Cc1nn(-c2ccccc2)c(Cl)c1/C=N\N1CCN(Cc2ccccc2)CC1. The van der Waals surface area contributed by atoms with E-state index in [1.807, 2.05) is 43.5 Å². The van der Waals surface area contributed by atoms with Crippen LogP contribution >= 0.6 is 11.6 Å². The minimum Gasteiger partial charge on any atom is -0.295 e. The van der Waals surface area contributed by atoms with Crippen molar-refractivity contribution < 1.29 is 0 Å². The summed E-state index contributed by atoms with van der Waals surface area (Å²) in [5, 5.41) is 11.9. The molecular weight excluding hydrogens is 370 g/mol. The number of nitrogens with zero attached hydrogens (tertiary/aromatic N) is 5. The molecule has 2 aromatic carbocycles. The van der Waals surface area contributed by atoms with Crippen LogP contribution in [-0.2, 0) is 6.54 Å². The topological polar surface area (TPSA) is 36.7 Å². The van der Waals surface area contributed by atoms with Crippen LogP contribution < -0.4 is 0 Å². The quantitative estimate of drug-likeness (QED) is 0.615. The second-order valence-corrected chi connectivity index (χ2v) is 7.36. The zero-order valence-electron chi connectivity index (χ0n) is 16.0. The molecular formula is C22H24ClN5. The highest BCUT2D eigenvalue weighted by molar-refractivity contribution is 6.32. The van der Waals surface area contributed by atoms with E-state index >= 15 is 0 Å². The van der Waals surface area contributed by atoms with Crippen molar-refractivity contribution in [2.75, 3.05) is 26.2 Å². The first-order valence-electron chi connectivity index (χ1n) is 9.56. The van der Waals surface area contributed by atoms with Crippen molar-refractivity contribution in [3.63, 3.8) is 0 Å². The molecule has 1 aliphatic rings. The van der Waals surface area contributed by atoms with Gasteiger partial charge in [-0.25, -0.2) is 4.68 Å². The summed E-state index contributed by atoms with van der Waals surface area (Å²) in [7, 11) is 0. The lowest BCUT2D eigenvalue weighted by Gasteiger charge is -2.33. The van der Waals surface area contributed by atoms with Gasteiger partial charge in [0.2, 0.25) is 0 Å². The third-order valence-corrected chi connectivity index (χ3v) is 5.36. The summed E-state index contributed by atoms with van der Waals surface area (Å²) in [4.78, 5) is 2.47. The fraction of sp³-hybridized carbons (Fsp3) is 0.273. The van der Waals surface area contributed by atoms with Crippen LogP contribution in [0.3, 0.4) is 0 Å². The van der Waals surface area contributed by atoms with Gasteiger partial charge in [-0.15, -0.1) is 0 Å². The van der Waals surface area contributed by atoms with Crippen LogP contribution in [0.1, 0.15) is 16.8 Å². The van der Waals surface area contributed by atoms with Crippen molar-refractivity contribution in [2.45, 2.75) is 13.5 Å². The molecule has 0 unspecified atom stereocenters. The maximum absolute atomic E-state index is 6.58. The number of aryl methyl sites for hydroxylation is 1. The molecule has 0 amide bonds.